The number of aromatic amines is 1. The van der Waals surface area contributed by atoms with Crippen LogP contribution >= 0.6 is 11.6 Å². The largest absolute Gasteiger partial charge is 0.365 e. The second-order valence-corrected chi connectivity index (χ2v) is 11.8. The van der Waals surface area contributed by atoms with Crippen molar-refractivity contribution in [1.29, 1.82) is 0 Å². The van der Waals surface area contributed by atoms with E-state index < -0.39 is 0 Å². The summed E-state index contributed by atoms with van der Waals surface area (Å²) in [4.78, 5) is 49.0. The molecule has 0 bridgehead atoms. The molecule has 1 atom stereocenters. The molecule has 0 spiro atoms. The number of nitrogens with one attached hydrogen (secondary N) is 3. The van der Waals surface area contributed by atoms with Crippen LogP contribution in [0.2, 0.25) is 5.02 Å². The summed E-state index contributed by atoms with van der Waals surface area (Å²) in [6.45, 7) is 9.53. The lowest BCUT2D eigenvalue weighted by Gasteiger charge is -2.40. The number of rotatable bonds is 7. The van der Waals surface area contributed by atoms with Crippen molar-refractivity contribution in [2.24, 2.45) is 0 Å². The number of amides is 2. The second-order valence-electron chi connectivity index (χ2n) is 11.4. The van der Waals surface area contributed by atoms with E-state index in [0.717, 1.165) is 54.8 Å². The van der Waals surface area contributed by atoms with Gasteiger partial charge in [-0.1, -0.05) is 18.2 Å². The summed E-state index contributed by atoms with van der Waals surface area (Å²) >= 11 is 6.50. The molecule has 0 radical (unpaired) electrons. The van der Waals surface area contributed by atoms with E-state index in [2.05, 4.69) is 55.9 Å². The van der Waals surface area contributed by atoms with Crippen LogP contribution in [0.1, 0.15) is 30.1 Å². The van der Waals surface area contributed by atoms with Crippen molar-refractivity contribution in [2.45, 2.75) is 31.8 Å². The number of carbonyl (C=O) groups excluding carboxylic acids is 2. The van der Waals surface area contributed by atoms with Crippen LogP contribution < -0.4 is 15.5 Å². The van der Waals surface area contributed by atoms with Gasteiger partial charge in [0.05, 0.1) is 28.3 Å². The number of anilines is 3. The first-order valence-electron chi connectivity index (χ1n) is 14.8. The third-order valence-corrected chi connectivity index (χ3v) is 8.67. The average molecular weight is 614 g/mol. The van der Waals surface area contributed by atoms with Crippen molar-refractivity contribution in [2.75, 3.05) is 55.3 Å². The maximum Gasteiger partial charge on any atom is 0.253 e. The predicted molar refractivity (Wildman–Crippen MR) is 174 cm³/mol. The van der Waals surface area contributed by atoms with Gasteiger partial charge in [0, 0.05) is 73.7 Å². The number of aromatic nitrogens is 4. The minimum absolute atomic E-state index is 0.0222. The molecule has 6 rings (SSSR count). The third-order valence-electron chi connectivity index (χ3n) is 8.39. The Morgan fingerprint density at radius 3 is 2.73 bits per heavy atom. The number of piperidine rings is 1. The quantitative estimate of drug-likeness (QED) is 0.257. The first-order chi connectivity index (χ1) is 21.3. The van der Waals surface area contributed by atoms with E-state index in [1.165, 1.54) is 6.08 Å². The summed E-state index contributed by atoms with van der Waals surface area (Å²) < 4.78 is 0. The van der Waals surface area contributed by atoms with E-state index >= 15 is 0 Å². The molecular weight excluding hydrogens is 578 g/mol. The van der Waals surface area contributed by atoms with Crippen molar-refractivity contribution >= 4 is 51.8 Å². The van der Waals surface area contributed by atoms with Gasteiger partial charge in [-0.25, -0.2) is 15.0 Å². The normalized spacial score (nSPS) is 17.9. The summed E-state index contributed by atoms with van der Waals surface area (Å²) in [5.41, 5.74) is 4.40. The van der Waals surface area contributed by atoms with Gasteiger partial charge in [-0.3, -0.25) is 9.59 Å². The summed E-state index contributed by atoms with van der Waals surface area (Å²) in [6.07, 6.45) is 7.96. The Hall–Kier alpha value is -4.48. The Bertz CT molecular complexity index is 1700. The number of piperazine rings is 1. The molecule has 0 aliphatic carbocycles. The van der Waals surface area contributed by atoms with Gasteiger partial charge in [0.15, 0.2) is 0 Å². The Balaban J connectivity index is 1.14. The fourth-order valence-electron chi connectivity index (χ4n) is 6.06. The zero-order valence-corrected chi connectivity index (χ0v) is 25.6. The number of likely N-dealkylation sites (N-methyl/N-ethyl adjacent to an activating group) is 1. The zero-order valence-electron chi connectivity index (χ0n) is 24.9. The van der Waals surface area contributed by atoms with Crippen molar-refractivity contribution in [3.63, 3.8) is 0 Å². The number of benzene rings is 1. The summed E-state index contributed by atoms with van der Waals surface area (Å²) in [5.74, 6) is 0.193. The molecule has 5 heterocycles. The van der Waals surface area contributed by atoms with Gasteiger partial charge in [0.1, 0.15) is 5.65 Å². The summed E-state index contributed by atoms with van der Waals surface area (Å²) in [7, 11) is 2.10. The predicted octanol–water partition coefficient (Wildman–Crippen LogP) is 4.65. The number of pyridine rings is 1. The van der Waals surface area contributed by atoms with Gasteiger partial charge in [0.2, 0.25) is 11.9 Å². The van der Waals surface area contributed by atoms with E-state index in [0.29, 0.717) is 41.0 Å². The Labute approximate surface area is 261 Å². The fraction of sp³-hybridized carbons (Fsp3) is 0.344. The van der Waals surface area contributed by atoms with Gasteiger partial charge in [-0.2, -0.15) is 0 Å². The van der Waals surface area contributed by atoms with E-state index in [1.807, 2.05) is 35.4 Å². The van der Waals surface area contributed by atoms with Gasteiger partial charge in [-0.15, -0.1) is 0 Å². The van der Waals surface area contributed by atoms with Crippen LogP contribution in [0.25, 0.3) is 22.3 Å². The van der Waals surface area contributed by atoms with E-state index in [-0.39, 0.29) is 23.9 Å². The average Bonchev–Trinajstić information content (AvgIpc) is 3.46. The minimum Gasteiger partial charge on any atom is -0.365 e. The Kier molecular flexibility index (Phi) is 8.49. The highest BCUT2D eigenvalue weighted by Gasteiger charge is 2.28. The standard InChI is InChI=1S/C32H36ClN9O2/c1-4-28(43)38-26-8-7-21(16-27(26)42-15-14-40(3)19-20(42)2)31(44)41-12-9-22(10-13-41)37-32-36-18-25(33)29(39-32)24-17-35-30-23(24)6-5-11-34-30/h4-8,11,16-18,20,22H,1,9-10,12-15,19H2,2-3H3,(H,34,35)(H,38,43)(H,36,37,39). The molecule has 2 aliphatic rings. The highest BCUT2D eigenvalue weighted by atomic mass is 35.5. The highest BCUT2D eigenvalue weighted by molar-refractivity contribution is 6.33. The van der Waals surface area contributed by atoms with Crippen LogP contribution in [0.5, 0.6) is 0 Å². The van der Waals surface area contributed by atoms with Crippen molar-refractivity contribution in [3.05, 3.63) is 72.2 Å². The maximum atomic E-state index is 13.7. The molecule has 1 aromatic carbocycles. The molecule has 2 aliphatic heterocycles. The molecule has 2 fully saturated rings. The highest BCUT2D eigenvalue weighted by Crippen LogP contribution is 2.33. The van der Waals surface area contributed by atoms with Gasteiger partial charge >= 0.3 is 0 Å². The van der Waals surface area contributed by atoms with Crippen LogP contribution in [-0.2, 0) is 4.79 Å². The summed E-state index contributed by atoms with van der Waals surface area (Å²) in [5, 5.41) is 7.76. The first-order valence-corrected chi connectivity index (χ1v) is 15.2. The van der Waals surface area contributed by atoms with Gasteiger partial charge in [-0.05, 0) is 63.2 Å². The van der Waals surface area contributed by atoms with Crippen LogP contribution in [0, 0.1) is 0 Å². The number of H-pyrrole nitrogens is 1. The lowest BCUT2D eigenvalue weighted by Crippen LogP contribution is -2.50. The van der Waals surface area contributed by atoms with E-state index in [4.69, 9.17) is 16.6 Å². The van der Waals surface area contributed by atoms with Gasteiger partial charge < -0.3 is 30.3 Å². The van der Waals surface area contributed by atoms with Crippen molar-refractivity contribution in [1.82, 2.24) is 29.7 Å². The minimum atomic E-state index is -0.281. The molecule has 3 aromatic heterocycles. The molecule has 44 heavy (non-hydrogen) atoms. The zero-order chi connectivity index (χ0) is 30.8. The van der Waals surface area contributed by atoms with Crippen molar-refractivity contribution < 1.29 is 9.59 Å². The van der Waals surface area contributed by atoms with Gasteiger partial charge in [0.25, 0.3) is 5.91 Å². The Morgan fingerprint density at radius 2 is 1.95 bits per heavy atom. The van der Waals surface area contributed by atoms with Crippen molar-refractivity contribution in [3.8, 4) is 11.3 Å². The number of halogens is 1. The van der Waals surface area contributed by atoms with Crippen LogP contribution in [-0.4, -0.2) is 93.4 Å². The van der Waals surface area contributed by atoms with Crippen LogP contribution in [0.15, 0.2) is 61.6 Å². The summed E-state index contributed by atoms with van der Waals surface area (Å²) in [6, 6.07) is 9.72. The number of hydrogen-bond donors (Lipinski definition) is 3. The number of nitrogens with zero attached hydrogens (tertiary/aromatic N) is 6. The molecule has 228 valence electrons. The van der Waals surface area contributed by atoms with Crippen LogP contribution in [0.3, 0.4) is 0 Å². The molecule has 0 saturated carbocycles. The third kappa shape index (κ3) is 6.11. The number of likely N-dealkylation sites (tertiary alicyclic amines) is 1. The topological polar surface area (TPSA) is 122 Å². The molecule has 12 heteroatoms. The second kappa shape index (κ2) is 12.6. The molecule has 1 unspecified atom stereocenters. The number of fused-ring (bicyclic) bond motifs is 1. The van der Waals surface area contributed by atoms with Crippen LogP contribution in [0.4, 0.5) is 17.3 Å². The fourth-order valence-corrected chi connectivity index (χ4v) is 6.25. The van der Waals surface area contributed by atoms with E-state index in [9.17, 15) is 9.59 Å². The number of carbonyl (C=O) groups is 2. The molecule has 11 nitrogen and oxygen atoms in total. The lowest BCUT2D eigenvalue weighted by molar-refractivity contribution is -0.111. The lowest BCUT2D eigenvalue weighted by atomic mass is 10.0. The monoisotopic (exact) mass is 613 g/mol. The smallest absolute Gasteiger partial charge is 0.253 e. The maximum absolute atomic E-state index is 13.7. The molecular formula is C32H36ClN9O2. The van der Waals surface area contributed by atoms with E-state index in [1.54, 1.807) is 18.5 Å². The number of hydrogen-bond acceptors (Lipinski definition) is 8. The molecule has 2 saturated heterocycles. The Morgan fingerprint density at radius 1 is 1.14 bits per heavy atom. The molecule has 4 aromatic rings. The molecule has 2 amide bonds. The first kappa shape index (κ1) is 29.6. The SMILES string of the molecule is C=CC(=O)Nc1ccc(C(=O)N2CCC(Nc3ncc(Cl)c(-c4c[nH]c5ncccc45)n3)CC2)cc1N1CCN(C)CC1C. The molecule has 3 N–H and O–H groups in total.